The van der Waals surface area contributed by atoms with E-state index in [9.17, 15) is 9.50 Å². The summed E-state index contributed by atoms with van der Waals surface area (Å²) < 4.78 is 19.9. The fraction of sp³-hybridized carbons (Fsp3) is 0.250. The molecule has 2 aromatic carbocycles. The van der Waals surface area contributed by atoms with Crippen molar-refractivity contribution in [2.75, 3.05) is 6.61 Å². The fourth-order valence-corrected chi connectivity index (χ4v) is 2.97. The second kappa shape index (κ2) is 9.94. The summed E-state index contributed by atoms with van der Waals surface area (Å²) in [5, 5.41) is 9.26. The molecule has 0 saturated heterocycles. The largest absolute Gasteiger partial charge is 0.472 e. The smallest absolute Gasteiger partial charge is 0.233 e. The number of allylic oxidation sites excluding steroid dienone is 1. The van der Waals surface area contributed by atoms with E-state index in [0.717, 1.165) is 35.9 Å². The van der Waals surface area contributed by atoms with Gasteiger partial charge >= 0.3 is 0 Å². The number of aliphatic hydroxyl groups excluding tert-OH is 1. The molecule has 3 rings (SSSR count). The molecule has 1 heterocycles. The quantitative estimate of drug-likeness (QED) is 0.382. The molecule has 0 bridgehead atoms. The van der Waals surface area contributed by atoms with Gasteiger partial charge in [-0.15, -0.1) is 0 Å². The summed E-state index contributed by atoms with van der Waals surface area (Å²) in [5.41, 5.74) is 3.64. The Balaban J connectivity index is 1.74. The van der Waals surface area contributed by atoms with Crippen molar-refractivity contribution in [3.8, 4) is 17.0 Å². The van der Waals surface area contributed by atoms with Crippen LogP contribution in [0.4, 0.5) is 4.39 Å². The predicted octanol–water partition coefficient (Wildman–Crippen LogP) is 5.57. The average Bonchev–Trinajstić information content (AvgIpc) is 2.72. The summed E-state index contributed by atoms with van der Waals surface area (Å²) in [6.45, 7) is 5.76. The molecule has 1 atom stereocenters. The van der Waals surface area contributed by atoms with E-state index >= 15 is 0 Å². The molecular formula is C24H25FN2O2. The van der Waals surface area contributed by atoms with Gasteiger partial charge in [0.05, 0.1) is 23.3 Å². The molecule has 0 spiro atoms. The van der Waals surface area contributed by atoms with Crippen molar-refractivity contribution in [3.05, 3.63) is 72.7 Å². The summed E-state index contributed by atoms with van der Waals surface area (Å²) >= 11 is 0. The Labute approximate surface area is 170 Å². The first kappa shape index (κ1) is 20.7. The van der Waals surface area contributed by atoms with Gasteiger partial charge in [-0.25, -0.2) is 14.4 Å². The third-order valence-corrected chi connectivity index (χ3v) is 4.49. The topological polar surface area (TPSA) is 55.2 Å². The van der Waals surface area contributed by atoms with Crippen LogP contribution in [0.1, 0.15) is 31.7 Å². The summed E-state index contributed by atoms with van der Waals surface area (Å²) in [6, 6.07) is 10.8. The minimum Gasteiger partial charge on any atom is -0.472 e. The van der Waals surface area contributed by atoms with Gasteiger partial charge in [0, 0.05) is 5.56 Å². The van der Waals surface area contributed by atoms with Crippen molar-refractivity contribution in [1.29, 1.82) is 0 Å². The molecule has 1 N–H and O–H groups in total. The molecule has 0 aliphatic rings. The predicted molar refractivity (Wildman–Crippen MR) is 115 cm³/mol. The van der Waals surface area contributed by atoms with E-state index in [0.29, 0.717) is 23.6 Å². The number of hydrogen-bond acceptors (Lipinski definition) is 4. The molecular weight excluding hydrogens is 367 g/mol. The Bertz CT molecular complexity index is 1010. The second-order valence-electron chi connectivity index (χ2n) is 6.93. The Morgan fingerprint density at radius 3 is 2.72 bits per heavy atom. The molecule has 0 aliphatic carbocycles. The van der Waals surface area contributed by atoms with Gasteiger partial charge in [-0.2, -0.15) is 0 Å². The number of ether oxygens (including phenoxy) is 1. The molecule has 0 saturated carbocycles. The van der Waals surface area contributed by atoms with Crippen molar-refractivity contribution in [1.82, 2.24) is 9.97 Å². The highest BCUT2D eigenvalue weighted by Gasteiger charge is 2.07. The molecule has 0 fully saturated rings. The summed E-state index contributed by atoms with van der Waals surface area (Å²) in [4.78, 5) is 8.79. The fourth-order valence-electron chi connectivity index (χ4n) is 2.97. The lowest BCUT2D eigenvalue weighted by Gasteiger charge is -2.07. The zero-order valence-corrected chi connectivity index (χ0v) is 16.5. The first-order chi connectivity index (χ1) is 14.1. The number of benzene rings is 2. The van der Waals surface area contributed by atoms with Gasteiger partial charge in [0.15, 0.2) is 0 Å². The van der Waals surface area contributed by atoms with Gasteiger partial charge in [-0.1, -0.05) is 43.0 Å². The van der Waals surface area contributed by atoms with Crippen LogP contribution in [-0.2, 0) is 0 Å². The van der Waals surface area contributed by atoms with Crippen molar-refractivity contribution < 1.29 is 14.2 Å². The number of halogens is 1. The van der Waals surface area contributed by atoms with E-state index in [-0.39, 0.29) is 11.9 Å². The van der Waals surface area contributed by atoms with Crippen LogP contribution < -0.4 is 4.74 Å². The van der Waals surface area contributed by atoms with Gasteiger partial charge in [-0.3, -0.25) is 0 Å². The number of hydrogen-bond donors (Lipinski definition) is 1. The first-order valence-corrected chi connectivity index (χ1v) is 9.72. The monoisotopic (exact) mass is 392 g/mol. The normalized spacial score (nSPS) is 12.4. The number of aliphatic hydroxyl groups is 1. The van der Waals surface area contributed by atoms with Gasteiger partial charge < -0.3 is 9.84 Å². The van der Waals surface area contributed by atoms with Crippen molar-refractivity contribution >= 4 is 17.1 Å². The Morgan fingerprint density at radius 1 is 1.17 bits per heavy atom. The lowest BCUT2D eigenvalue weighted by molar-refractivity contribution is 0.182. The maximum Gasteiger partial charge on any atom is 0.233 e. The standard InChI is InChI=1S/C24H25FN2O2/c1-3-13-29-24-16-26-23-15-20(11-12-22(23)27-24)19-10-9-18(21(25)14-19)8-6-4-5-7-17(2)28/h3,6,8-12,14-17,28H,1,4-5,7,13H2,2H3. The van der Waals surface area contributed by atoms with E-state index in [1.165, 1.54) is 6.07 Å². The Hall–Kier alpha value is -3.05. The minimum absolute atomic E-state index is 0.270. The zero-order chi connectivity index (χ0) is 20.6. The lowest BCUT2D eigenvalue weighted by Crippen LogP contribution is -1.97. The average molecular weight is 392 g/mol. The molecule has 0 radical (unpaired) electrons. The molecule has 0 aliphatic heterocycles. The van der Waals surface area contributed by atoms with Crippen LogP contribution in [0, 0.1) is 5.82 Å². The lowest BCUT2D eigenvalue weighted by atomic mass is 10.0. The van der Waals surface area contributed by atoms with E-state index in [1.807, 2.05) is 30.3 Å². The highest BCUT2D eigenvalue weighted by atomic mass is 19.1. The van der Waals surface area contributed by atoms with Crippen LogP contribution in [-0.4, -0.2) is 27.8 Å². The number of rotatable bonds is 9. The van der Waals surface area contributed by atoms with Gasteiger partial charge in [0.2, 0.25) is 5.88 Å². The van der Waals surface area contributed by atoms with Gasteiger partial charge in [0.25, 0.3) is 0 Å². The van der Waals surface area contributed by atoms with Crippen molar-refractivity contribution in [3.63, 3.8) is 0 Å². The summed E-state index contributed by atoms with van der Waals surface area (Å²) in [7, 11) is 0. The molecule has 3 aromatic rings. The highest BCUT2D eigenvalue weighted by molar-refractivity contribution is 5.81. The number of nitrogens with zero attached hydrogens (tertiary/aromatic N) is 2. The van der Waals surface area contributed by atoms with E-state index in [1.54, 1.807) is 31.3 Å². The van der Waals surface area contributed by atoms with Gasteiger partial charge in [-0.05, 0) is 55.5 Å². The van der Waals surface area contributed by atoms with Crippen molar-refractivity contribution in [2.45, 2.75) is 32.3 Å². The number of fused-ring (bicyclic) bond motifs is 1. The van der Waals surface area contributed by atoms with Crippen LogP contribution in [0.3, 0.4) is 0 Å². The summed E-state index contributed by atoms with van der Waals surface area (Å²) in [6.07, 6.45) is 9.10. The van der Waals surface area contributed by atoms with Gasteiger partial charge in [0.1, 0.15) is 12.4 Å². The Kier molecular flexibility index (Phi) is 7.09. The number of aromatic nitrogens is 2. The molecule has 1 unspecified atom stereocenters. The third-order valence-electron chi connectivity index (χ3n) is 4.49. The van der Waals surface area contributed by atoms with Crippen LogP contribution in [0.5, 0.6) is 5.88 Å². The zero-order valence-electron chi connectivity index (χ0n) is 16.5. The van der Waals surface area contributed by atoms with E-state index < -0.39 is 0 Å². The maximum absolute atomic E-state index is 14.5. The van der Waals surface area contributed by atoms with Crippen LogP contribution in [0.15, 0.2) is 61.3 Å². The first-order valence-electron chi connectivity index (χ1n) is 9.72. The van der Waals surface area contributed by atoms with Crippen LogP contribution in [0.2, 0.25) is 0 Å². The molecule has 150 valence electrons. The SMILES string of the molecule is C=CCOc1cnc2cc(-c3ccc(C=CCCCC(C)O)c(F)c3)ccc2n1. The third kappa shape index (κ3) is 5.72. The molecule has 29 heavy (non-hydrogen) atoms. The molecule has 5 heteroatoms. The second-order valence-corrected chi connectivity index (χ2v) is 6.93. The highest BCUT2D eigenvalue weighted by Crippen LogP contribution is 2.26. The molecule has 1 aromatic heterocycles. The number of unbranched alkanes of at least 4 members (excludes halogenated alkanes) is 1. The molecule has 0 amide bonds. The van der Waals surface area contributed by atoms with Crippen molar-refractivity contribution in [2.24, 2.45) is 0 Å². The van der Waals surface area contributed by atoms with E-state index in [4.69, 9.17) is 4.74 Å². The van der Waals surface area contributed by atoms with Crippen LogP contribution in [0.25, 0.3) is 28.2 Å². The Morgan fingerprint density at radius 2 is 1.97 bits per heavy atom. The minimum atomic E-state index is -0.294. The van der Waals surface area contributed by atoms with Crippen LogP contribution >= 0.6 is 0 Å². The summed E-state index contributed by atoms with van der Waals surface area (Å²) in [5.74, 6) is 0.175. The maximum atomic E-state index is 14.5. The van der Waals surface area contributed by atoms with E-state index in [2.05, 4.69) is 16.5 Å². The molecule has 4 nitrogen and oxygen atoms in total.